The summed E-state index contributed by atoms with van der Waals surface area (Å²) in [6.45, 7) is 5.47. The van der Waals surface area contributed by atoms with E-state index in [9.17, 15) is 9.59 Å². The standard InChI is InChI=1S/C21H26N2O3/c1-21(2,3)23-18(24)14-22-19(25)15-26-20(16-10-6-4-7-11-16)17-12-8-5-9-13-17/h4-13,20H,14-15H2,1-3H3,(H,22,25)(H,23,24). The van der Waals surface area contributed by atoms with Gasteiger partial charge in [0.25, 0.3) is 0 Å². The van der Waals surface area contributed by atoms with Crippen LogP contribution in [0.5, 0.6) is 0 Å². The SMILES string of the molecule is CC(C)(C)NC(=O)CNC(=O)COC(c1ccccc1)c1ccccc1. The molecule has 0 spiro atoms. The normalized spacial score (nSPS) is 11.2. The topological polar surface area (TPSA) is 67.4 Å². The van der Waals surface area contributed by atoms with Gasteiger partial charge in [-0.1, -0.05) is 60.7 Å². The fourth-order valence-electron chi connectivity index (χ4n) is 2.49. The lowest BCUT2D eigenvalue weighted by Gasteiger charge is -2.21. The average molecular weight is 354 g/mol. The summed E-state index contributed by atoms with van der Waals surface area (Å²) in [5, 5.41) is 5.38. The zero-order valence-corrected chi connectivity index (χ0v) is 15.5. The Kier molecular flexibility index (Phi) is 6.92. The van der Waals surface area contributed by atoms with Crippen LogP contribution in [0, 0.1) is 0 Å². The van der Waals surface area contributed by atoms with Gasteiger partial charge in [-0.05, 0) is 31.9 Å². The maximum atomic E-state index is 12.1. The summed E-state index contributed by atoms with van der Waals surface area (Å²) in [5.74, 6) is -0.556. The first-order chi connectivity index (χ1) is 12.3. The molecular formula is C21H26N2O3. The van der Waals surface area contributed by atoms with Crippen molar-refractivity contribution in [1.29, 1.82) is 0 Å². The highest BCUT2D eigenvalue weighted by Crippen LogP contribution is 2.25. The van der Waals surface area contributed by atoms with Gasteiger partial charge in [-0.3, -0.25) is 9.59 Å². The zero-order valence-electron chi connectivity index (χ0n) is 15.5. The Morgan fingerprint density at radius 3 is 1.85 bits per heavy atom. The van der Waals surface area contributed by atoms with E-state index in [2.05, 4.69) is 10.6 Å². The molecular weight excluding hydrogens is 328 g/mol. The summed E-state index contributed by atoms with van der Waals surface area (Å²) in [5.41, 5.74) is 1.61. The van der Waals surface area contributed by atoms with Crippen LogP contribution in [-0.4, -0.2) is 30.5 Å². The van der Waals surface area contributed by atoms with Gasteiger partial charge < -0.3 is 15.4 Å². The monoisotopic (exact) mass is 354 g/mol. The number of nitrogens with one attached hydrogen (secondary N) is 2. The number of hydrogen-bond donors (Lipinski definition) is 2. The molecule has 0 aliphatic rings. The number of ether oxygens (including phenoxy) is 1. The predicted octanol–water partition coefficient (Wildman–Crippen LogP) is 2.82. The Balaban J connectivity index is 1.93. The van der Waals surface area contributed by atoms with Gasteiger partial charge in [-0.25, -0.2) is 0 Å². The van der Waals surface area contributed by atoms with Crippen LogP contribution < -0.4 is 10.6 Å². The zero-order chi connectivity index (χ0) is 19.0. The summed E-state index contributed by atoms with van der Waals surface area (Å²) >= 11 is 0. The number of rotatable bonds is 7. The van der Waals surface area contributed by atoms with E-state index in [0.29, 0.717) is 0 Å². The van der Waals surface area contributed by atoms with Gasteiger partial charge in [0.2, 0.25) is 11.8 Å². The third kappa shape index (κ3) is 6.69. The molecule has 0 saturated carbocycles. The minimum Gasteiger partial charge on any atom is -0.359 e. The first-order valence-corrected chi connectivity index (χ1v) is 8.64. The van der Waals surface area contributed by atoms with Crippen LogP contribution in [0.1, 0.15) is 38.0 Å². The lowest BCUT2D eigenvalue weighted by molar-refractivity contribution is -0.130. The van der Waals surface area contributed by atoms with Crippen LogP contribution in [0.3, 0.4) is 0 Å². The smallest absolute Gasteiger partial charge is 0.246 e. The van der Waals surface area contributed by atoms with Gasteiger partial charge in [-0.2, -0.15) is 0 Å². The summed E-state index contributed by atoms with van der Waals surface area (Å²) in [7, 11) is 0. The second kappa shape index (κ2) is 9.15. The summed E-state index contributed by atoms with van der Waals surface area (Å²) in [6, 6.07) is 19.5. The lowest BCUT2D eigenvalue weighted by atomic mass is 10.0. The van der Waals surface area contributed by atoms with Crippen LogP contribution in [0.25, 0.3) is 0 Å². The van der Waals surface area contributed by atoms with Crippen molar-refractivity contribution in [3.05, 3.63) is 71.8 Å². The second-order valence-corrected chi connectivity index (χ2v) is 7.09. The van der Waals surface area contributed by atoms with E-state index < -0.39 is 0 Å². The Bertz CT molecular complexity index is 670. The Morgan fingerprint density at radius 1 is 0.885 bits per heavy atom. The highest BCUT2D eigenvalue weighted by Gasteiger charge is 2.17. The molecule has 2 amide bonds. The molecule has 26 heavy (non-hydrogen) atoms. The van der Waals surface area contributed by atoms with Crippen molar-refractivity contribution in [1.82, 2.24) is 10.6 Å². The van der Waals surface area contributed by atoms with Crippen molar-refractivity contribution in [3.63, 3.8) is 0 Å². The van der Waals surface area contributed by atoms with E-state index in [4.69, 9.17) is 4.74 Å². The van der Waals surface area contributed by atoms with Crippen LogP contribution in [-0.2, 0) is 14.3 Å². The molecule has 5 nitrogen and oxygen atoms in total. The predicted molar refractivity (Wildman–Crippen MR) is 102 cm³/mol. The van der Waals surface area contributed by atoms with Crippen molar-refractivity contribution in [3.8, 4) is 0 Å². The van der Waals surface area contributed by atoms with Crippen LogP contribution in [0.2, 0.25) is 0 Å². The van der Waals surface area contributed by atoms with E-state index in [0.717, 1.165) is 11.1 Å². The molecule has 2 aromatic rings. The van der Waals surface area contributed by atoms with Crippen LogP contribution in [0.4, 0.5) is 0 Å². The molecule has 2 rings (SSSR count). The molecule has 0 fully saturated rings. The van der Waals surface area contributed by atoms with Gasteiger partial charge in [-0.15, -0.1) is 0 Å². The lowest BCUT2D eigenvalue weighted by Crippen LogP contribution is -2.46. The first-order valence-electron chi connectivity index (χ1n) is 8.64. The van der Waals surface area contributed by atoms with Gasteiger partial charge in [0.05, 0.1) is 6.54 Å². The van der Waals surface area contributed by atoms with Crippen molar-refractivity contribution < 1.29 is 14.3 Å². The molecule has 2 N–H and O–H groups in total. The molecule has 5 heteroatoms. The summed E-state index contributed by atoms with van der Waals surface area (Å²) < 4.78 is 5.87. The molecule has 0 heterocycles. The highest BCUT2D eigenvalue weighted by molar-refractivity contribution is 5.85. The number of carbonyl (C=O) groups is 2. The molecule has 0 saturated heterocycles. The van der Waals surface area contributed by atoms with Gasteiger partial charge in [0, 0.05) is 5.54 Å². The summed E-state index contributed by atoms with van der Waals surface area (Å²) in [6.07, 6.45) is -0.341. The molecule has 0 radical (unpaired) electrons. The molecule has 0 aromatic heterocycles. The van der Waals surface area contributed by atoms with Crippen molar-refractivity contribution in [2.75, 3.05) is 13.2 Å². The molecule has 0 atom stereocenters. The maximum Gasteiger partial charge on any atom is 0.246 e. The fraction of sp³-hybridized carbons (Fsp3) is 0.333. The number of carbonyl (C=O) groups excluding carboxylic acids is 2. The molecule has 0 bridgehead atoms. The highest BCUT2D eigenvalue weighted by atomic mass is 16.5. The Morgan fingerprint density at radius 2 is 1.38 bits per heavy atom. The van der Waals surface area contributed by atoms with Crippen LogP contribution >= 0.6 is 0 Å². The van der Waals surface area contributed by atoms with E-state index in [1.54, 1.807) is 0 Å². The minimum absolute atomic E-state index is 0.0686. The summed E-state index contributed by atoms with van der Waals surface area (Å²) in [4.78, 5) is 23.8. The number of hydrogen-bond acceptors (Lipinski definition) is 3. The van der Waals surface area contributed by atoms with Crippen LogP contribution in [0.15, 0.2) is 60.7 Å². The fourth-order valence-corrected chi connectivity index (χ4v) is 2.49. The molecule has 0 unspecified atom stereocenters. The molecule has 0 aliphatic heterocycles. The average Bonchev–Trinajstić information content (AvgIpc) is 2.60. The van der Waals surface area contributed by atoms with Gasteiger partial charge in [0.15, 0.2) is 0 Å². The van der Waals surface area contributed by atoms with E-state index >= 15 is 0 Å². The number of amides is 2. The molecule has 0 aliphatic carbocycles. The number of benzene rings is 2. The second-order valence-electron chi connectivity index (χ2n) is 7.09. The Labute approximate surface area is 154 Å². The molecule has 2 aromatic carbocycles. The van der Waals surface area contributed by atoms with Crippen molar-refractivity contribution in [2.45, 2.75) is 32.4 Å². The van der Waals surface area contributed by atoms with E-state index in [-0.39, 0.29) is 36.6 Å². The Hall–Kier alpha value is -2.66. The van der Waals surface area contributed by atoms with Crippen molar-refractivity contribution in [2.24, 2.45) is 0 Å². The minimum atomic E-state index is -0.341. The van der Waals surface area contributed by atoms with E-state index in [1.807, 2.05) is 81.4 Å². The van der Waals surface area contributed by atoms with E-state index in [1.165, 1.54) is 0 Å². The maximum absolute atomic E-state index is 12.1. The third-order valence-electron chi connectivity index (χ3n) is 3.55. The quantitative estimate of drug-likeness (QED) is 0.803. The first kappa shape index (κ1) is 19.7. The largest absolute Gasteiger partial charge is 0.359 e. The van der Waals surface area contributed by atoms with Gasteiger partial charge >= 0.3 is 0 Å². The molecule has 138 valence electrons. The third-order valence-corrected chi connectivity index (χ3v) is 3.55. The van der Waals surface area contributed by atoms with Gasteiger partial charge in [0.1, 0.15) is 12.7 Å². The van der Waals surface area contributed by atoms with Crippen molar-refractivity contribution >= 4 is 11.8 Å².